The first kappa shape index (κ1) is 19.9. The smallest absolute Gasteiger partial charge is 0.258 e. The minimum absolute atomic E-state index is 0.0877. The Balaban J connectivity index is 1.39. The number of halogens is 1. The fourth-order valence-electron chi connectivity index (χ4n) is 4.46. The average molecular weight is 423 g/mol. The summed E-state index contributed by atoms with van der Waals surface area (Å²) in [6.07, 6.45) is 2.02. The number of nitrogens with zero attached hydrogens (tertiary/aromatic N) is 5. The molecule has 0 spiro atoms. The molecule has 3 aromatic rings. The van der Waals surface area contributed by atoms with Crippen LogP contribution in [0.25, 0.3) is 5.65 Å². The van der Waals surface area contributed by atoms with Crippen LogP contribution in [0.4, 0.5) is 4.39 Å². The molecule has 1 saturated heterocycles. The van der Waals surface area contributed by atoms with E-state index >= 15 is 0 Å². The Kier molecular flexibility index (Phi) is 4.89. The lowest BCUT2D eigenvalue weighted by molar-refractivity contribution is 0.0733. The second-order valence-corrected chi connectivity index (χ2v) is 8.54. The molecule has 5 rings (SSSR count). The van der Waals surface area contributed by atoms with E-state index in [9.17, 15) is 9.18 Å². The molecule has 0 atom stereocenters. The van der Waals surface area contributed by atoms with Gasteiger partial charge in [-0.05, 0) is 45.9 Å². The number of aryl methyl sites for hydroxylation is 2. The van der Waals surface area contributed by atoms with E-state index < -0.39 is 0 Å². The van der Waals surface area contributed by atoms with Crippen LogP contribution in [-0.2, 0) is 13.1 Å². The average Bonchev–Trinajstić information content (AvgIpc) is 3.33. The molecule has 2 aliphatic rings. The molecule has 31 heavy (non-hydrogen) atoms. The van der Waals surface area contributed by atoms with Gasteiger partial charge in [0, 0.05) is 18.7 Å². The summed E-state index contributed by atoms with van der Waals surface area (Å²) >= 11 is 0. The summed E-state index contributed by atoms with van der Waals surface area (Å²) in [5.74, 6) is 0.199. The SMILES string of the molecule is Cc1nc2c3c(nn2c(C)c1F)CN(C(=O)c1ccccc1OC1CCN(C)CC1)C3. The summed E-state index contributed by atoms with van der Waals surface area (Å²) in [7, 11) is 2.11. The largest absolute Gasteiger partial charge is 0.489 e. The number of rotatable bonds is 3. The summed E-state index contributed by atoms with van der Waals surface area (Å²) in [6, 6.07) is 7.45. The molecule has 0 bridgehead atoms. The fourth-order valence-corrected chi connectivity index (χ4v) is 4.46. The van der Waals surface area contributed by atoms with Crippen molar-refractivity contribution in [3.8, 4) is 5.75 Å². The van der Waals surface area contributed by atoms with Gasteiger partial charge >= 0.3 is 0 Å². The first-order chi connectivity index (χ1) is 14.9. The van der Waals surface area contributed by atoms with Crippen molar-refractivity contribution in [1.82, 2.24) is 24.4 Å². The lowest BCUT2D eigenvalue weighted by Gasteiger charge is -2.30. The van der Waals surface area contributed by atoms with E-state index in [2.05, 4.69) is 22.0 Å². The minimum atomic E-state index is -0.346. The molecule has 1 amide bonds. The van der Waals surface area contributed by atoms with Crippen molar-refractivity contribution in [2.75, 3.05) is 20.1 Å². The van der Waals surface area contributed by atoms with E-state index in [1.807, 2.05) is 24.3 Å². The minimum Gasteiger partial charge on any atom is -0.489 e. The highest BCUT2D eigenvalue weighted by atomic mass is 19.1. The summed E-state index contributed by atoms with van der Waals surface area (Å²) in [5.41, 5.74) is 3.62. The van der Waals surface area contributed by atoms with Crippen molar-refractivity contribution in [3.63, 3.8) is 0 Å². The zero-order valence-corrected chi connectivity index (χ0v) is 18.1. The number of amides is 1. The van der Waals surface area contributed by atoms with Gasteiger partial charge in [0.25, 0.3) is 5.91 Å². The van der Waals surface area contributed by atoms with E-state index in [-0.39, 0.29) is 17.8 Å². The molecule has 162 valence electrons. The Hall–Kier alpha value is -3.00. The molecule has 0 saturated carbocycles. The van der Waals surface area contributed by atoms with Crippen molar-refractivity contribution in [1.29, 1.82) is 0 Å². The fraction of sp³-hybridized carbons (Fsp3) is 0.435. The molecule has 0 radical (unpaired) electrons. The van der Waals surface area contributed by atoms with Gasteiger partial charge in [-0.3, -0.25) is 4.79 Å². The van der Waals surface area contributed by atoms with Gasteiger partial charge < -0.3 is 14.5 Å². The number of hydrogen-bond acceptors (Lipinski definition) is 5. The normalized spacial score (nSPS) is 17.4. The van der Waals surface area contributed by atoms with E-state index in [1.165, 1.54) is 0 Å². The number of benzene rings is 1. The molecule has 1 fully saturated rings. The summed E-state index contributed by atoms with van der Waals surface area (Å²) < 4.78 is 22.0. The van der Waals surface area contributed by atoms with Gasteiger partial charge in [-0.1, -0.05) is 12.1 Å². The lowest BCUT2D eigenvalue weighted by Crippen LogP contribution is -2.36. The van der Waals surface area contributed by atoms with Crippen LogP contribution in [-0.4, -0.2) is 56.5 Å². The van der Waals surface area contributed by atoms with Crippen LogP contribution in [0.2, 0.25) is 0 Å². The molecule has 8 heteroatoms. The van der Waals surface area contributed by atoms with Crippen LogP contribution in [0.3, 0.4) is 0 Å². The van der Waals surface area contributed by atoms with Gasteiger partial charge in [-0.25, -0.2) is 13.9 Å². The lowest BCUT2D eigenvalue weighted by atomic mass is 10.1. The zero-order chi connectivity index (χ0) is 21.7. The van der Waals surface area contributed by atoms with Crippen molar-refractivity contribution in [2.24, 2.45) is 0 Å². The molecule has 7 nitrogen and oxygen atoms in total. The third-order valence-corrected chi connectivity index (χ3v) is 6.32. The van der Waals surface area contributed by atoms with Gasteiger partial charge in [0.2, 0.25) is 0 Å². The number of carbonyl (C=O) groups is 1. The summed E-state index contributed by atoms with van der Waals surface area (Å²) in [6.45, 7) is 6.11. The molecule has 0 unspecified atom stereocenters. The maximum Gasteiger partial charge on any atom is 0.258 e. The predicted octanol–water partition coefficient (Wildman–Crippen LogP) is 3.11. The van der Waals surface area contributed by atoms with Gasteiger partial charge in [0.15, 0.2) is 11.5 Å². The third kappa shape index (κ3) is 3.44. The van der Waals surface area contributed by atoms with Crippen molar-refractivity contribution in [3.05, 3.63) is 58.3 Å². The molecular formula is C23H26FN5O2. The first-order valence-corrected chi connectivity index (χ1v) is 10.7. The molecule has 2 aromatic heterocycles. The predicted molar refractivity (Wildman–Crippen MR) is 114 cm³/mol. The topological polar surface area (TPSA) is 63.0 Å². The molecule has 2 aliphatic heterocycles. The number of likely N-dealkylation sites (tertiary alicyclic amines) is 1. The van der Waals surface area contributed by atoms with Gasteiger partial charge in [-0.2, -0.15) is 5.10 Å². The number of carbonyl (C=O) groups excluding carboxylic acids is 1. The van der Waals surface area contributed by atoms with E-state index in [4.69, 9.17) is 4.74 Å². The standard InChI is InChI=1S/C23H26FN5O2/c1-14-21(24)15(2)29-22(25-14)18-12-28(13-19(18)26-29)23(30)17-6-4-5-7-20(17)31-16-8-10-27(3)11-9-16/h4-7,16H,8-13H2,1-3H3. The van der Waals surface area contributed by atoms with Crippen LogP contribution in [0, 0.1) is 19.7 Å². The Labute approximate surface area is 180 Å². The van der Waals surface area contributed by atoms with Crippen LogP contribution in [0.5, 0.6) is 5.75 Å². The number of fused-ring (bicyclic) bond motifs is 3. The number of piperidine rings is 1. The second-order valence-electron chi connectivity index (χ2n) is 8.54. The number of para-hydroxylation sites is 1. The number of ether oxygens (including phenoxy) is 1. The quantitative estimate of drug-likeness (QED) is 0.648. The Morgan fingerprint density at radius 3 is 2.68 bits per heavy atom. The van der Waals surface area contributed by atoms with Crippen molar-refractivity contribution < 1.29 is 13.9 Å². The highest BCUT2D eigenvalue weighted by Gasteiger charge is 2.32. The Morgan fingerprint density at radius 1 is 1.16 bits per heavy atom. The molecule has 4 heterocycles. The van der Waals surface area contributed by atoms with Crippen LogP contribution in [0.15, 0.2) is 24.3 Å². The molecule has 0 N–H and O–H groups in total. The number of aromatic nitrogens is 3. The molecule has 1 aromatic carbocycles. The van der Waals surface area contributed by atoms with Crippen LogP contribution >= 0.6 is 0 Å². The van der Waals surface area contributed by atoms with Gasteiger partial charge in [0.05, 0.1) is 35.7 Å². The summed E-state index contributed by atoms with van der Waals surface area (Å²) in [5, 5.41) is 4.53. The van der Waals surface area contributed by atoms with Crippen molar-refractivity contribution >= 4 is 11.6 Å². The number of hydrogen-bond donors (Lipinski definition) is 0. The first-order valence-electron chi connectivity index (χ1n) is 10.7. The maximum absolute atomic E-state index is 14.2. The summed E-state index contributed by atoms with van der Waals surface area (Å²) in [4.78, 5) is 21.8. The van der Waals surface area contributed by atoms with E-state index in [1.54, 1.807) is 23.3 Å². The van der Waals surface area contributed by atoms with E-state index in [0.29, 0.717) is 41.4 Å². The highest BCUT2D eigenvalue weighted by molar-refractivity contribution is 5.97. The molecular weight excluding hydrogens is 397 g/mol. The van der Waals surface area contributed by atoms with Crippen molar-refractivity contribution in [2.45, 2.75) is 45.9 Å². The molecule has 0 aliphatic carbocycles. The van der Waals surface area contributed by atoms with Gasteiger partial charge in [-0.15, -0.1) is 0 Å². The third-order valence-electron chi connectivity index (χ3n) is 6.32. The zero-order valence-electron chi connectivity index (χ0n) is 18.1. The Morgan fingerprint density at radius 2 is 1.90 bits per heavy atom. The van der Waals surface area contributed by atoms with Crippen LogP contribution < -0.4 is 4.74 Å². The second kappa shape index (κ2) is 7.60. The van der Waals surface area contributed by atoms with Gasteiger partial charge in [0.1, 0.15) is 11.9 Å². The highest BCUT2D eigenvalue weighted by Crippen LogP contribution is 2.31. The van der Waals surface area contributed by atoms with E-state index in [0.717, 1.165) is 37.2 Å². The van der Waals surface area contributed by atoms with Crippen LogP contribution in [0.1, 0.15) is 45.8 Å². The monoisotopic (exact) mass is 423 g/mol. The Bertz CT molecular complexity index is 1170. The maximum atomic E-state index is 14.2.